The number of unbranched alkanes of at least 4 members (excludes halogenated alkanes) is 31. The van der Waals surface area contributed by atoms with Crippen molar-refractivity contribution in [3.63, 3.8) is 0 Å². The zero-order valence-corrected chi connectivity index (χ0v) is 56.9. The Hall–Kier alpha value is -3.33. The number of hydrogen-bond acceptors (Lipinski definition) is 7. The molecule has 0 aliphatic rings. The van der Waals surface area contributed by atoms with Crippen LogP contribution in [0.25, 0.3) is 0 Å². The zero-order chi connectivity index (χ0) is 62.1. The van der Waals surface area contributed by atoms with Crippen molar-refractivity contribution in [3.05, 3.63) is 109 Å². The average Bonchev–Trinajstić information content (AvgIpc) is 3.50. The monoisotopic (exact) mass is 1200 g/mol. The summed E-state index contributed by atoms with van der Waals surface area (Å²) in [5, 5.41) is 3.03. The van der Waals surface area contributed by atoms with E-state index in [0.717, 1.165) is 141 Å². The van der Waals surface area contributed by atoms with Crippen molar-refractivity contribution < 1.29 is 37.3 Å². The first-order valence-electron chi connectivity index (χ1n) is 35.2. The van der Waals surface area contributed by atoms with Gasteiger partial charge in [-0.25, -0.2) is 0 Å². The van der Waals surface area contributed by atoms with Gasteiger partial charge in [-0.3, -0.25) is 14.2 Å². The predicted octanol–water partition coefficient (Wildman–Crippen LogP) is 21.8. The molecule has 85 heavy (non-hydrogen) atoms. The van der Waals surface area contributed by atoms with Gasteiger partial charge in [-0.15, -0.1) is 0 Å². The third-order valence-electron chi connectivity index (χ3n) is 15.2. The third kappa shape index (κ3) is 65.0. The highest BCUT2D eigenvalue weighted by Crippen LogP contribution is 2.38. The number of phosphoric ester groups is 1. The van der Waals surface area contributed by atoms with Crippen molar-refractivity contribution in [3.8, 4) is 0 Å². The molecule has 10 heteroatoms. The first kappa shape index (κ1) is 81.7. The maximum atomic E-state index is 13.6. The molecular weight excluding hydrogens is 1070 g/mol. The minimum absolute atomic E-state index is 0.0298. The molecule has 3 atom stereocenters. The number of phosphoric acid groups is 1. The van der Waals surface area contributed by atoms with Gasteiger partial charge < -0.3 is 28.5 Å². The maximum absolute atomic E-state index is 13.6. The van der Waals surface area contributed by atoms with Gasteiger partial charge in [0.1, 0.15) is 19.3 Å². The molecule has 3 unspecified atom stereocenters. The number of allylic oxidation sites excluding steroid dienone is 17. The van der Waals surface area contributed by atoms with Gasteiger partial charge >= 0.3 is 5.97 Å². The number of esters is 1. The molecule has 0 aromatic heterocycles. The van der Waals surface area contributed by atoms with Gasteiger partial charge in [-0.05, 0) is 115 Å². The van der Waals surface area contributed by atoms with Gasteiger partial charge in [0.25, 0.3) is 7.82 Å². The number of nitrogens with zero attached hydrogens (tertiary/aromatic N) is 1. The number of carbonyl (C=O) groups excluding carboxylic acids is 2. The lowest BCUT2D eigenvalue weighted by Gasteiger charge is -2.30. The highest BCUT2D eigenvalue weighted by Gasteiger charge is 2.27. The number of carbonyl (C=O) groups is 2. The second-order valence-electron chi connectivity index (χ2n) is 24.6. The molecule has 0 radical (unpaired) electrons. The van der Waals surface area contributed by atoms with Crippen LogP contribution in [-0.4, -0.2) is 69.4 Å². The molecule has 1 N–H and O–H groups in total. The fourth-order valence-corrected chi connectivity index (χ4v) is 10.5. The smallest absolute Gasteiger partial charge is 0.306 e. The molecule has 0 aliphatic carbocycles. The zero-order valence-electron chi connectivity index (χ0n) is 56.0. The van der Waals surface area contributed by atoms with Gasteiger partial charge in [0, 0.05) is 12.8 Å². The fraction of sp³-hybridized carbons (Fsp3) is 0.733. The van der Waals surface area contributed by atoms with E-state index in [1.807, 2.05) is 33.3 Å². The summed E-state index contributed by atoms with van der Waals surface area (Å²) >= 11 is 0. The molecule has 1 amide bonds. The van der Waals surface area contributed by atoms with E-state index < -0.39 is 26.6 Å². The Labute approximate surface area is 525 Å². The Bertz CT molecular complexity index is 1820. The van der Waals surface area contributed by atoms with E-state index in [4.69, 9.17) is 13.8 Å². The van der Waals surface area contributed by atoms with Crippen LogP contribution in [0, 0.1) is 0 Å². The normalized spacial score (nSPS) is 14.2. The van der Waals surface area contributed by atoms with E-state index in [-0.39, 0.29) is 24.9 Å². The minimum atomic E-state index is -4.72. The van der Waals surface area contributed by atoms with Crippen LogP contribution in [0.15, 0.2) is 109 Å². The summed E-state index contributed by atoms with van der Waals surface area (Å²) in [6, 6.07) is -0.904. The number of ether oxygens (including phenoxy) is 1. The Balaban J connectivity index is 5.13. The second-order valence-corrected chi connectivity index (χ2v) is 26.1. The third-order valence-corrected chi connectivity index (χ3v) is 16.2. The van der Waals surface area contributed by atoms with Crippen molar-refractivity contribution in [2.75, 3.05) is 40.9 Å². The van der Waals surface area contributed by atoms with Gasteiger partial charge in [-0.2, -0.15) is 0 Å². The molecule has 0 heterocycles. The number of amides is 1. The Morgan fingerprint density at radius 2 is 0.753 bits per heavy atom. The number of quaternary nitrogens is 1. The number of rotatable bonds is 63. The van der Waals surface area contributed by atoms with Gasteiger partial charge in [-0.1, -0.05) is 285 Å². The summed E-state index contributed by atoms with van der Waals surface area (Å²) < 4.78 is 30.4. The van der Waals surface area contributed by atoms with Gasteiger partial charge in [0.15, 0.2) is 0 Å². The van der Waals surface area contributed by atoms with E-state index >= 15 is 0 Å². The van der Waals surface area contributed by atoms with Crippen molar-refractivity contribution in [1.82, 2.24) is 5.32 Å². The molecule has 0 aromatic carbocycles. The molecule has 0 fully saturated rings. The topological polar surface area (TPSA) is 114 Å². The van der Waals surface area contributed by atoms with E-state index in [0.29, 0.717) is 17.4 Å². The predicted molar refractivity (Wildman–Crippen MR) is 367 cm³/mol. The molecule has 490 valence electrons. The Morgan fingerprint density at radius 3 is 1.15 bits per heavy atom. The fourth-order valence-electron chi connectivity index (χ4n) is 9.79. The Morgan fingerprint density at radius 1 is 0.424 bits per heavy atom. The molecule has 0 saturated carbocycles. The lowest BCUT2D eigenvalue weighted by molar-refractivity contribution is -0.870. The van der Waals surface area contributed by atoms with E-state index in [1.165, 1.54) is 128 Å². The van der Waals surface area contributed by atoms with Crippen molar-refractivity contribution in [2.24, 2.45) is 0 Å². The van der Waals surface area contributed by atoms with Gasteiger partial charge in [0.2, 0.25) is 5.91 Å². The summed E-state index contributed by atoms with van der Waals surface area (Å²) in [4.78, 5) is 40.2. The minimum Gasteiger partial charge on any atom is -0.756 e. The molecule has 0 aromatic rings. The van der Waals surface area contributed by atoms with Crippen LogP contribution in [0.1, 0.15) is 303 Å². The number of hydrogen-bond donors (Lipinski definition) is 1. The standard InChI is InChI=1S/C75H133N2O7P/c1-7-10-13-16-19-22-25-28-30-32-34-35-36-37-38-39-40-41-43-45-47-50-53-56-59-62-65-68-75(79)84-73(66-63-60-57-54-51-48-27-24-21-18-15-12-9-3)72(71-83-85(80,81)82-70-69-77(4,5)6)76-74(78)67-64-61-58-55-52-49-46-44-42-33-31-29-26-23-20-17-14-11-8-2/h10,13,19-20,22-23,28-31,34-35,37-38,42,44,63,66,72-73H,7-9,11-12,14-18,21,24-27,32-33,36,39-41,43,45-62,64-65,67-71H2,1-6H3,(H-,76,78,80,81)/b13-10-,22-19-,23-20-,30-28-,31-29-,35-34-,38-37-,44-42-,66-63-. The molecule has 0 bridgehead atoms. The first-order valence-corrected chi connectivity index (χ1v) is 36.7. The lowest BCUT2D eigenvalue weighted by Crippen LogP contribution is -2.47. The molecular formula is C75H133N2O7P. The van der Waals surface area contributed by atoms with Crippen molar-refractivity contribution in [1.29, 1.82) is 0 Å². The van der Waals surface area contributed by atoms with E-state index in [2.05, 4.69) is 123 Å². The van der Waals surface area contributed by atoms with Crippen LogP contribution in [0.2, 0.25) is 0 Å². The SMILES string of the molecule is CC/C=C\C/C=C\C/C=C\C/C=C\C/C=C\CCCCCCCCCCCCCC(=O)OC(/C=C\CCCCCCCCCCCCC)C(COP(=O)([O-])OCC[N+](C)(C)C)NC(=O)CCCCCCCC/C=C\C/C=C\C/C=C\CCCCC. The molecule has 9 nitrogen and oxygen atoms in total. The summed E-state index contributed by atoms with van der Waals surface area (Å²) in [5.74, 6) is -0.558. The Kier molecular flexibility index (Phi) is 61.2. The lowest BCUT2D eigenvalue weighted by atomic mass is 10.0. The number of likely N-dealkylation sites (N-methyl/N-ethyl adjacent to an activating group) is 1. The molecule has 0 spiro atoms. The summed E-state index contributed by atoms with van der Waals surface area (Å²) in [5.41, 5.74) is 0. The van der Waals surface area contributed by atoms with Crippen LogP contribution >= 0.6 is 7.82 Å². The van der Waals surface area contributed by atoms with E-state index in [9.17, 15) is 19.0 Å². The maximum Gasteiger partial charge on any atom is 0.306 e. The van der Waals surface area contributed by atoms with Crippen molar-refractivity contribution in [2.45, 2.75) is 315 Å². The van der Waals surface area contributed by atoms with Gasteiger partial charge in [0.05, 0.1) is 33.8 Å². The van der Waals surface area contributed by atoms with Crippen LogP contribution in [0.5, 0.6) is 0 Å². The van der Waals surface area contributed by atoms with Crippen LogP contribution in [0.4, 0.5) is 0 Å². The summed E-state index contributed by atoms with van der Waals surface area (Å²) in [7, 11) is 1.17. The van der Waals surface area contributed by atoms with E-state index in [1.54, 1.807) is 0 Å². The highest BCUT2D eigenvalue weighted by atomic mass is 31.2. The second kappa shape index (κ2) is 63.7. The van der Waals surface area contributed by atoms with Crippen LogP contribution in [-0.2, 0) is 27.9 Å². The van der Waals surface area contributed by atoms with Crippen LogP contribution < -0.4 is 10.2 Å². The quantitative estimate of drug-likeness (QED) is 0.0212. The molecule has 0 saturated heterocycles. The summed E-state index contributed by atoms with van der Waals surface area (Å²) in [6.45, 7) is 6.71. The van der Waals surface area contributed by atoms with Crippen molar-refractivity contribution >= 4 is 19.7 Å². The summed E-state index contributed by atoms with van der Waals surface area (Å²) in [6.07, 6.45) is 87.7. The molecule has 0 rings (SSSR count). The number of nitrogens with one attached hydrogen (secondary N) is 1. The largest absolute Gasteiger partial charge is 0.756 e. The first-order chi connectivity index (χ1) is 41.4. The molecule has 0 aliphatic heterocycles. The highest BCUT2D eigenvalue weighted by molar-refractivity contribution is 7.45. The van der Waals surface area contributed by atoms with Crippen LogP contribution in [0.3, 0.4) is 0 Å². The average molecular weight is 1210 g/mol.